The van der Waals surface area contributed by atoms with Gasteiger partial charge >= 0.3 is 5.97 Å². The molecule has 1 aliphatic heterocycles. The van der Waals surface area contributed by atoms with Crippen LogP contribution in [0.3, 0.4) is 0 Å². The van der Waals surface area contributed by atoms with Crippen LogP contribution in [-0.2, 0) is 26.7 Å². The van der Waals surface area contributed by atoms with Crippen LogP contribution in [0.2, 0.25) is 0 Å². The molecule has 1 aliphatic rings. The number of fused-ring (bicyclic) bond motifs is 2. The summed E-state index contributed by atoms with van der Waals surface area (Å²) >= 11 is 4.47. The highest BCUT2D eigenvalue weighted by atomic mass is 79.9. The molecule has 1 amide bonds. The van der Waals surface area contributed by atoms with Crippen LogP contribution < -0.4 is 5.32 Å². The molecule has 1 aromatic carbocycles. The number of anilines is 1. The second-order valence-electron chi connectivity index (χ2n) is 6.49. The molecule has 10 heteroatoms. The van der Waals surface area contributed by atoms with Crippen molar-refractivity contribution in [3.8, 4) is 0 Å². The van der Waals surface area contributed by atoms with Crippen LogP contribution in [0, 0.1) is 0 Å². The van der Waals surface area contributed by atoms with Gasteiger partial charge in [0.2, 0.25) is 0 Å². The molecule has 0 aliphatic carbocycles. The molecule has 0 unspecified atom stereocenters. The molecule has 0 fully saturated rings. The number of nitrogens with one attached hydrogen (secondary N) is 1. The minimum absolute atomic E-state index is 0.0336. The molecule has 4 rings (SSSR count). The van der Waals surface area contributed by atoms with Crippen molar-refractivity contribution in [1.29, 1.82) is 0 Å². The molecule has 29 heavy (non-hydrogen) atoms. The number of amides is 1. The summed E-state index contributed by atoms with van der Waals surface area (Å²) in [7, 11) is -3.22. The molecule has 0 bridgehead atoms. The van der Waals surface area contributed by atoms with Crippen LogP contribution in [-0.4, -0.2) is 32.7 Å². The van der Waals surface area contributed by atoms with Crippen molar-refractivity contribution in [2.45, 2.75) is 19.1 Å². The molecule has 0 saturated carbocycles. The van der Waals surface area contributed by atoms with Gasteiger partial charge in [-0.05, 0) is 47.0 Å². The number of hydrogen-bond donors (Lipinski definition) is 1. The van der Waals surface area contributed by atoms with Crippen molar-refractivity contribution < 1.29 is 27.2 Å². The number of esters is 1. The Labute approximate surface area is 179 Å². The van der Waals surface area contributed by atoms with Crippen LogP contribution in [0.5, 0.6) is 0 Å². The van der Waals surface area contributed by atoms with Gasteiger partial charge in [-0.3, -0.25) is 4.79 Å². The van der Waals surface area contributed by atoms with Crippen LogP contribution in [0.1, 0.15) is 38.3 Å². The number of carbonyl (C=O) groups excluding carboxylic acids is 2. The Morgan fingerprint density at radius 1 is 1.34 bits per heavy atom. The summed E-state index contributed by atoms with van der Waals surface area (Å²) in [4.78, 5) is 25.9. The van der Waals surface area contributed by atoms with Crippen molar-refractivity contribution in [3.63, 3.8) is 0 Å². The van der Waals surface area contributed by atoms with Crippen molar-refractivity contribution in [2.24, 2.45) is 0 Å². The molecule has 1 N–H and O–H groups in total. The molecule has 0 radical (unpaired) electrons. The fraction of sp³-hybridized carbons (Fsp3) is 0.263. The average Bonchev–Trinajstić information content (AvgIpc) is 3.23. The van der Waals surface area contributed by atoms with Crippen LogP contribution in [0.15, 0.2) is 33.2 Å². The quantitative estimate of drug-likeness (QED) is 0.542. The Morgan fingerprint density at radius 3 is 2.86 bits per heavy atom. The third kappa shape index (κ3) is 3.84. The zero-order chi connectivity index (χ0) is 20.8. The minimum Gasteiger partial charge on any atom is -0.462 e. The largest absolute Gasteiger partial charge is 0.462 e. The third-order valence-corrected chi connectivity index (χ3v) is 8.04. The highest BCUT2D eigenvalue weighted by Gasteiger charge is 2.32. The number of hydrogen-bond acceptors (Lipinski definition) is 7. The maximum Gasteiger partial charge on any atom is 0.341 e. The summed E-state index contributed by atoms with van der Waals surface area (Å²) in [5.41, 5.74) is 1.40. The number of furan rings is 1. The van der Waals surface area contributed by atoms with Crippen LogP contribution in [0.25, 0.3) is 11.0 Å². The predicted molar refractivity (Wildman–Crippen MR) is 113 cm³/mol. The van der Waals surface area contributed by atoms with E-state index in [1.165, 1.54) is 0 Å². The first-order chi connectivity index (χ1) is 13.8. The van der Waals surface area contributed by atoms with Gasteiger partial charge in [0.15, 0.2) is 15.6 Å². The van der Waals surface area contributed by atoms with Gasteiger partial charge in [-0.15, -0.1) is 11.3 Å². The van der Waals surface area contributed by atoms with Crippen molar-refractivity contribution in [2.75, 3.05) is 17.7 Å². The van der Waals surface area contributed by atoms with E-state index in [1.807, 2.05) is 12.1 Å². The minimum atomic E-state index is -3.22. The molecule has 0 saturated heterocycles. The fourth-order valence-electron chi connectivity index (χ4n) is 3.23. The average molecular weight is 498 g/mol. The van der Waals surface area contributed by atoms with Gasteiger partial charge in [-0.2, -0.15) is 0 Å². The Hall–Kier alpha value is -2.17. The lowest BCUT2D eigenvalue weighted by Gasteiger charge is -2.13. The Bertz CT molecular complexity index is 1240. The number of sulfone groups is 1. The van der Waals surface area contributed by atoms with Gasteiger partial charge in [0.05, 0.1) is 28.1 Å². The van der Waals surface area contributed by atoms with Crippen molar-refractivity contribution in [3.05, 3.63) is 50.5 Å². The standard InChI is InChI=1S/C19H16BrNO6S2/c1-2-26-19(23)15-11-6-7-29(24,25)9-14(11)28-18(15)21-17(22)13-8-10-4-3-5-12(20)16(10)27-13/h3-5,8H,2,6-7,9H2,1H3,(H,21,22). The van der Waals surface area contributed by atoms with Gasteiger partial charge in [-0.1, -0.05) is 12.1 Å². The zero-order valence-corrected chi connectivity index (χ0v) is 18.5. The number of para-hydroxylation sites is 1. The molecule has 0 spiro atoms. The molecule has 152 valence electrons. The SMILES string of the molecule is CCOC(=O)c1c(NC(=O)c2cc3cccc(Br)c3o2)sc2c1CCS(=O)(=O)C2. The van der Waals surface area contributed by atoms with E-state index >= 15 is 0 Å². The summed E-state index contributed by atoms with van der Waals surface area (Å²) in [6.07, 6.45) is 0.218. The summed E-state index contributed by atoms with van der Waals surface area (Å²) in [5.74, 6) is -1.20. The van der Waals surface area contributed by atoms with E-state index in [1.54, 1.807) is 19.1 Å². The first-order valence-corrected chi connectivity index (χ1v) is 12.2. The summed E-state index contributed by atoms with van der Waals surface area (Å²) in [5, 5.41) is 3.74. The molecular formula is C19H16BrNO6S2. The number of rotatable bonds is 4. The zero-order valence-electron chi connectivity index (χ0n) is 15.3. The first kappa shape index (κ1) is 20.1. The second-order valence-corrected chi connectivity index (χ2v) is 10.6. The molecule has 2 aromatic heterocycles. The highest BCUT2D eigenvalue weighted by molar-refractivity contribution is 9.10. The lowest BCUT2D eigenvalue weighted by Crippen LogP contribution is -2.20. The van der Waals surface area contributed by atoms with E-state index in [0.717, 1.165) is 21.2 Å². The second kappa shape index (κ2) is 7.58. The highest BCUT2D eigenvalue weighted by Crippen LogP contribution is 2.39. The van der Waals surface area contributed by atoms with Gasteiger partial charge in [0.1, 0.15) is 10.6 Å². The number of ether oxygens (including phenoxy) is 1. The van der Waals surface area contributed by atoms with Crippen molar-refractivity contribution >= 4 is 65.0 Å². The molecular weight excluding hydrogens is 482 g/mol. The Morgan fingerprint density at radius 2 is 2.14 bits per heavy atom. The molecule has 3 aromatic rings. The van der Waals surface area contributed by atoms with E-state index in [4.69, 9.17) is 9.15 Å². The normalized spacial score (nSPS) is 15.1. The summed E-state index contributed by atoms with van der Waals surface area (Å²) < 4.78 is 35.5. The van der Waals surface area contributed by atoms with Crippen molar-refractivity contribution in [1.82, 2.24) is 0 Å². The smallest absolute Gasteiger partial charge is 0.341 e. The third-order valence-electron chi connectivity index (χ3n) is 4.53. The fourth-order valence-corrected chi connectivity index (χ4v) is 6.73. The lowest BCUT2D eigenvalue weighted by atomic mass is 10.1. The van der Waals surface area contributed by atoms with E-state index in [2.05, 4.69) is 21.2 Å². The van der Waals surface area contributed by atoms with Gasteiger partial charge in [0.25, 0.3) is 5.91 Å². The van der Waals surface area contributed by atoms with Gasteiger partial charge < -0.3 is 14.5 Å². The van der Waals surface area contributed by atoms with E-state index in [-0.39, 0.29) is 40.9 Å². The summed E-state index contributed by atoms with van der Waals surface area (Å²) in [6, 6.07) is 7.06. The maximum atomic E-state index is 12.8. The maximum absolute atomic E-state index is 12.8. The predicted octanol–water partition coefficient (Wildman–Crippen LogP) is 4.16. The Kier molecular flexibility index (Phi) is 5.26. The topological polar surface area (TPSA) is 103 Å². The van der Waals surface area contributed by atoms with E-state index < -0.39 is 21.7 Å². The Balaban J connectivity index is 1.71. The van der Waals surface area contributed by atoms with E-state index in [9.17, 15) is 18.0 Å². The number of halogens is 1. The molecule has 0 atom stereocenters. The first-order valence-electron chi connectivity index (χ1n) is 8.80. The molecule has 7 nitrogen and oxygen atoms in total. The number of thiophene rings is 1. The van der Waals surface area contributed by atoms with Gasteiger partial charge in [-0.25, -0.2) is 13.2 Å². The summed E-state index contributed by atoms with van der Waals surface area (Å²) in [6.45, 7) is 1.86. The monoisotopic (exact) mass is 497 g/mol. The van der Waals surface area contributed by atoms with Crippen LogP contribution in [0.4, 0.5) is 5.00 Å². The molecule has 3 heterocycles. The number of benzene rings is 1. The lowest BCUT2D eigenvalue weighted by molar-refractivity contribution is 0.0527. The van der Waals surface area contributed by atoms with Crippen LogP contribution >= 0.6 is 27.3 Å². The number of carbonyl (C=O) groups is 2. The van der Waals surface area contributed by atoms with E-state index in [0.29, 0.717) is 16.0 Å². The van der Waals surface area contributed by atoms with Gasteiger partial charge in [0, 0.05) is 10.3 Å².